The Labute approximate surface area is 278 Å². The molecule has 2 fully saturated rings. The third-order valence-corrected chi connectivity index (χ3v) is 10.7. The van der Waals surface area contributed by atoms with Crippen LogP contribution < -0.4 is 5.32 Å². The van der Waals surface area contributed by atoms with Crippen molar-refractivity contribution in [2.24, 2.45) is 0 Å². The van der Waals surface area contributed by atoms with Crippen LogP contribution in [-0.2, 0) is 31.0 Å². The number of hydrogen-bond donors (Lipinski definition) is 3. The molecule has 48 heavy (non-hydrogen) atoms. The first-order valence-corrected chi connectivity index (χ1v) is 17.8. The van der Waals surface area contributed by atoms with Gasteiger partial charge in [-0.25, -0.2) is 0 Å². The maximum Gasteiger partial charge on any atom is 0.399 e. The number of carbonyl (C=O) groups excluding carboxylic acids is 3. The van der Waals surface area contributed by atoms with E-state index in [1.807, 2.05) is 30.3 Å². The number of carbonyl (C=O) groups is 3. The minimum absolute atomic E-state index is 0.0903. The van der Waals surface area contributed by atoms with Crippen molar-refractivity contribution in [2.75, 3.05) is 26.2 Å². The van der Waals surface area contributed by atoms with Gasteiger partial charge in [0, 0.05) is 42.2 Å². The highest BCUT2D eigenvalue weighted by molar-refractivity contribution is 7.52. The lowest BCUT2D eigenvalue weighted by atomic mass is 10.0. The van der Waals surface area contributed by atoms with Crippen molar-refractivity contribution in [3.8, 4) is 0 Å². The quantitative estimate of drug-likeness (QED) is 0.217. The Kier molecular flexibility index (Phi) is 9.73. The highest BCUT2D eigenvalue weighted by atomic mass is 32.1. The van der Waals surface area contributed by atoms with Crippen molar-refractivity contribution in [2.45, 2.75) is 43.1 Å². The Morgan fingerprint density at radius 3 is 2.60 bits per heavy atom. The van der Waals surface area contributed by atoms with Crippen LogP contribution in [0.1, 0.15) is 45.3 Å². The van der Waals surface area contributed by atoms with Gasteiger partial charge in [-0.2, -0.15) is 8.78 Å². The molecule has 2 aromatic heterocycles. The SMILES string of the molecule is O=C(NC(Cc1cccnc1)C(=O)N1CCC[C@H]1C(=O)N1CCO[C@H](c2ccccc2)C1)c1cc2cc(C(F)(F)P(=O)(O)O)ccc2s1. The Hall–Kier alpha value is -4.07. The molecular weight excluding hydrogens is 665 g/mol. The number of aromatic nitrogens is 1. The molecule has 0 spiro atoms. The fourth-order valence-electron chi connectivity index (χ4n) is 6.11. The minimum Gasteiger partial charge on any atom is -0.370 e. The van der Waals surface area contributed by atoms with Crippen molar-refractivity contribution in [1.82, 2.24) is 20.1 Å². The number of alkyl halides is 2. The van der Waals surface area contributed by atoms with Crippen LogP contribution >= 0.6 is 18.9 Å². The molecule has 252 valence electrons. The van der Waals surface area contributed by atoms with Crippen molar-refractivity contribution in [1.29, 1.82) is 0 Å². The zero-order valence-corrected chi connectivity index (χ0v) is 27.3. The van der Waals surface area contributed by atoms with Crippen LogP contribution in [0, 0.1) is 0 Å². The highest BCUT2D eigenvalue weighted by Gasteiger charge is 2.50. The number of hydrogen-bond acceptors (Lipinski definition) is 7. The molecule has 11 nitrogen and oxygen atoms in total. The van der Waals surface area contributed by atoms with E-state index in [2.05, 4.69) is 10.3 Å². The molecular formula is C33H33F2N4O7PS. The summed E-state index contributed by atoms with van der Waals surface area (Å²) in [6, 6.07) is 15.8. The first-order chi connectivity index (χ1) is 22.9. The molecule has 3 amide bonds. The van der Waals surface area contributed by atoms with E-state index in [4.69, 9.17) is 14.5 Å². The van der Waals surface area contributed by atoms with Gasteiger partial charge in [0.05, 0.1) is 18.0 Å². The fourth-order valence-corrected chi connectivity index (χ4v) is 7.53. The number of likely N-dealkylation sites (tertiary alicyclic amines) is 1. The normalized spacial score (nSPS) is 19.3. The van der Waals surface area contributed by atoms with E-state index >= 15 is 0 Å². The van der Waals surface area contributed by atoms with Gasteiger partial charge in [0.25, 0.3) is 5.91 Å². The molecule has 0 aliphatic carbocycles. The van der Waals surface area contributed by atoms with Gasteiger partial charge < -0.3 is 29.6 Å². The molecule has 2 aliphatic heterocycles. The zero-order valence-electron chi connectivity index (χ0n) is 25.6. The number of pyridine rings is 1. The predicted octanol–water partition coefficient (Wildman–Crippen LogP) is 4.46. The third kappa shape index (κ3) is 7.03. The van der Waals surface area contributed by atoms with Crippen molar-refractivity contribution in [3.63, 3.8) is 0 Å². The summed E-state index contributed by atoms with van der Waals surface area (Å²) >= 11 is 0.986. The average Bonchev–Trinajstić information content (AvgIpc) is 3.75. The van der Waals surface area contributed by atoms with E-state index in [-0.39, 0.29) is 28.7 Å². The Balaban J connectivity index is 1.22. The van der Waals surface area contributed by atoms with Gasteiger partial charge in [-0.1, -0.05) is 42.5 Å². The van der Waals surface area contributed by atoms with Gasteiger partial charge in [0.2, 0.25) is 11.8 Å². The predicted molar refractivity (Wildman–Crippen MR) is 173 cm³/mol. The molecule has 2 aromatic carbocycles. The third-order valence-electron chi connectivity index (χ3n) is 8.59. The molecule has 2 aliphatic rings. The molecule has 1 unspecified atom stereocenters. The van der Waals surface area contributed by atoms with Crippen LogP contribution in [0.25, 0.3) is 10.1 Å². The first-order valence-electron chi connectivity index (χ1n) is 15.4. The van der Waals surface area contributed by atoms with Gasteiger partial charge >= 0.3 is 13.3 Å². The van der Waals surface area contributed by atoms with E-state index in [0.717, 1.165) is 29.0 Å². The maximum absolute atomic E-state index is 14.4. The summed E-state index contributed by atoms with van der Waals surface area (Å²) in [4.78, 5) is 67.3. The number of morpholine rings is 1. The number of thiophene rings is 1. The summed E-state index contributed by atoms with van der Waals surface area (Å²) in [5.74, 6) is -1.24. The first kappa shape index (κ1) is 33.8. The molecule has 6 rings (SSSR count). The van der Waals surface area contributed by atoms with E-state index in [1.54, 1.807) is 29.4 Å². The number of ether oxygens (including phenoxy) is 1. The largest absolute Gasteiger partial charge is 0.399 e. The van der Waals surface area contributed by atoms with Gasteiger partial charge in [-0.05, 0) is 53.6 Å². The van der Waals surface area contributed by atoms with Crippen LogP contribution in [-0.4, -0.2) is 80.6 Å². The number of halogens is 2. The fraction of sp³-hybridized carbons (Fsp3) is 0.333. The van der Waals surface area contributed by atoms with Crippen molar-refractivity contribution >= 4 is 46.7 Å². The lowest BCUT2D eigenvalue weighted by Crippen LogP contribution is -2.56. The second-order valence-corrected chi connectivity index (χ2v) is 14.5. The van der Waals surface area contributed by atoms with Crippen LogP contribution in [0.4, 0.5) is 8.78 Å². The van der Waals surface area contributed by atoms with E-state index in [0.29, 0.717) is 49.3 Å². The van der Waals surface area contributed by atoms with Crippen LogP contribution in [0.5, 0.6) is 0 Å². The van der Waals surface area contributed by atoms with E-state index in [1.165, 1.54) is 17.0 Å². The number of fused-ring (bicyclic) bond motifs is 1. The van der Waals surface area contributed by atoms with Gasteiger partial charge in [0.1, 0.15) is 18.2 Å². The van der Waals surface area contributed by atoms with E-state index in [9.17, 15) is 27.7 Å². The number of rotatable bonds is 9. The van der Waals surface area contributed by atoms with Crippen molar-refractivity contribution in [3.05, 3.63) is 101 Å². The summed E-state index contributed by atoms with van der Waals surface area (Å²) in [5.41, 5.74) is -3.64. The number of amides is 3. The van der Waals surface area contributed by atoms with Gasteiger partial charge in [-0.3, -0.25) is 23.9 Å². The lowest BCUT2D eigenvalue weighted by molar-refractivity contribution is -0.149. The molecule has 3 N–H and O–H groups in total. The molecule has 4 aromatic rings. The molecule has 0 radical (unpaired) electrons. The number of benzene rings is 2. The summed E-state index contributed by atoms with van der Waals surface area (Å²) < 4.78 is 46.5. The lowest BCUT2D eigenvalue weighted by Gasteiger charge is -2.37. The van der Waals surface area contributed by atoms with Crippen molar-refractivity contribution < 1.29 is 42.3 Å². The Morgan fingerprint density at radius 1 is 1.08 bits per heavy atom. The molecule has 2 saturated heterocycles. The molecule has 0 bridgehead atoms. The van der Waals surface area contributed by atoms with Crippen LogP contribution in [0.3, 0.4) is 0 Å². The molecule has 15 heteroatoms. The molecule has 3 atom stereocenters. The van der Waals surface area contributed by atoms with Gasteiger partial charge in [-0.15, -0.1) is 11.3 Å². The summed E-state index contributed by atoms with van der Waals surface area (Å²) in [6.07, 6.45) is 4.06. The van der Waals surface area contributed by atoms with Gasteiger partial charge in [0.15, 0.2) is 0 Å². The standard InChI is InChI=1S/C33H33F2N4O7PS/c34-33(35,47(43,44)45)24-10-11-28-23(17-24)18-29(48-28)30(40)37-25(16-21-6-4-12-36-19-21)31(41)39-13-5-9-26(39)32(42)38-14-15-46-27(20-38)22-7-2-1-3-8-22/h1-4,6-8,10-12,17-19,25-27H,5,9,13-16,20H2,(H,37,40)(H2,43,44,45)/t25?,26-,27-/m0/s1. The highest BCUT2D eigenvalue weighted by Crippen LogP contribution is 2.59. The second kappa shape index (κ2) is 13.8. The Bertz CT molecular complexity index is 1860. The zero-order chi connectivity index (χ0) is 34.1. The van der Waals surface area contributed by atoms with E-state index < -0.39 is 42.7 Å². The Morgan fingerprint density at radius 2 is 1.88 bits per heavy atom. The minimum atomic E-state index is -5.78. The van der Waals surface area contributed by atoms with Crippen LogP contribution in [0.2, 0.25) is 0 Å². The average molecular weight is 699 g/mol. The molecule has 4 heterocycles. The summed E-state index contributed by atoms with van der Waals surface area (Å²) in [5, 5.41) is 2.98. The van der Waals surface area contributed by atoms with Crippen LogP contribution in [0.15, 0.2) is 79.1 Å². The topological polar surface area (TPSA) is 149 Å². The smallest absolute Gasteiger partial charge is 0.370 e. The monoisotopic (exact) mass is 698 g/mol. The molecule has 0 saturated carbocycles. The number of nitrogens with one attached hydrogen (secondary N) is 1. The summed E-state index contributed by atoms with van der Waals surface area (Å²) in [6.45, 7) is 1.44. The maximum atomic E-state index is 14.4. The second-order valence-electron chi connectivity index (χ2n) is 11.8. The number of nitrogens with zero attached hydrogens (tertiary/aromatic N) is 3. The summed E-state index contributed by atoms with van der Waals surface area (Å²) in [7, 11) is -5.78.